The summed E-state index contributed by atoms with van der Waals surface area (Å²) in [4.78, 5) is 29.3. The van der Waals surface area contributed by atoms with Crippen LogP contribution in [0.2, 0.25) is 0 Å². The van der Waals surface area contributed by atoms with Crippen molar-refractivity contribution in [3.8, 4) is 17.2 Å². The average molecular weight is 495 g/mol. The van der Waals surface area contributed by atoms with Crippen LogP contribution in [0.3, 0.4) is 0 Å². The lowest BCUT2D eigenvalue weighted by molar-refractivity contribution is -0.145. The Balaban J connectivity index is 1.14. The molecule has 1 fully saturated rings. The lowest BCUT2D eigenvalue weighted by Crippen LogP contribution is -2.55. The average Bonchev–Trinajstić information content (AvgIpc) is 3.36. The van der Waals surface area contributed by atoms with Crippen LogP contribution in [0.25, 0.3) is 5.69 Å². The predicted molar refractivity (Wildman–Crippen MR) is 129 cm³/mol. The summed E-state index contributed by atoms with van der Waals surface area (Å²) in [6.07, 6.45) is -0.674. The lowest BCUT2D eigenvalue weighted by Gasteiger charge is -2.37. The summed E-state index contributed by atoms with van der Waals surface area (Å²) < 4.78 is 13.2. The molecule has 0 saturated carbocycles. The van der Waals surface area contributed by atoms with Crippen molar-refractivity contribution in [3.05, 3.63) is 53.6 Å². The molecular formula is C24H26N6O4S. The molecule has 11 heteroatoms. The van der Waals surface area contributed by atoms with Crippen molar-refractivity contribution in [2.24, 2.45) is 0 Å². The van der Waals surface area contributed by atoms with Crippen LogP contribution < -0.4 is 9.47 Å². The van der Waals surface area contributed by atoms with Crippen molar-refractivity contribution in [3.63, 3.8) is 0 Å². The van der Waals surface area contributed by atoms with Gasteiger partial charge in [-0.1, -0.05) is 36.0 Å². The lowest BCUT2D eigenvalue weighted by atomic mass is 10.1. The maximum absolute atomic E-state index is 12.9. The monoisotopic (exact) mass is 494 g/mol. The number of carbonyl (C=O) groups excluding carboxylic acids is 2. The number of thioether (sulfide) groups is 1. The van der Waals surface area contributed by atoms with E-state index in [-0.39, 0.29) is 24.2 Å². The normalized spacial score (nSPS) is 17.4. The Hall–Kier alpha value is -3.60. The molecule has 3 heterocycles. The van der Waals surface area contributed by atoms with Gasteiger partial charge in [0, 0.05) is 26.2 Å². The molecule has 2 amide bonds. The largest absolute Gasteiger partial charge is 0.485 e. The molecule has 0 radical (unpaired) electrons. The van der Waals surface area contributed by atoms with Crippen LogP contribution in [-0.2, 0) is 9.59 Å². The van der Waals surface area contributed by atoms with Crippen molar-refractivity contribution >= 4 is 23.6 Å². The number of aryl methyl sites for hydroxylation is 1. The van der Waals surface area contributed by atoms with Crippen LogP contribution in [0.4, 0.5) is 0 Å². The second-order valence-corrected chi connectivity index (χ2v) is 9.39. The van der Waals surface area contributed by atoms with Gasteiger partial charge in [-0.15, -0.1) is 5.10 Å². The van der Waals surface area contributed by atoms with Crippen molar-refractivity contribution in [1.82, 2.24) is 30.0 Å². The highest BCUT2D eigenvalue weighted by molar-refractivity contribution is 7.99. The molecular weight excluding hydrogens is 468 g/mol. The maximum atomic E-state index is 12.9. The molecule has 0 spiro atoms. The molecule has 3 aromatic rings. The molecule has 182 valence electrons. The fourth-order valence-corrected chi connectivity index (χ4v) is 4.91. The number of amides is 2. The number of nitrogens with zero attached hydrogens (tertiary/aromatic N) is 6. The summed E-state index contributed by atoms with van der Waals surface area (Å²) in [5.74, 6) is 1.31. The van der Waals surface area contributed by atoms with E-state index in [1.165, 1.54) is 11.8 Å². The molecule has 2 aliphatic rings. The first-order valence-electron chi connectivity index (χ1n) is 11.4. The Bertz CT molecular complexity index is 1240. The van der Waals surface area contributed by atoms with Gasteiger partial charge < -0.3 is 19.3 Å². The van der Waals surface area contributed by atoms with E-state index in [1.54, 1.807) is 20.5 Å². The predicted octanol–water partition coefficient (Wildman–Crippen LogP) is 1.88. The van der Waals surface area contributed by atoms with Crippen LogP contribution in [0.5, 0.6) is 11.5 Å². The number of carbonyl (C=O) groups is 2. The minimum Gasteiger partial charge on any atom is -0.485 e. The molecule has 1 aromatic heterocycles. The fourth-order valence-electron chi connectivity index (χ4n) is 4.12. The number of fused-ring (bicyclic) bond motifs is 1. The third-order valence-electron chi connectivity index (χ3n) is 6.30. The minimum atomic E-state index is -0.674. The number of rotatable bonds is 5. The molecule has 2 aromatic carbocycles. The van der Waals surface area contributed by atoms with Gasteiger partial charge in [0.2, 0.25) is 17.2 Å². The first-order chi connectivity index (χ1) is 17.0. The van der Waals surface area contributed by atoms with Gasteiger partial charge in [-0.25, -0.2) is 0 Å². The Morgan fingerprint density at radius 3 is 2.54 bits per heavy atom. The summed E-state index contributed by atoms with van der Waals surface area (Å²) in [7, 11) is 0. The summed E-state index contributed by atoms with van der Waals surface area (Å²) >= 11 is 1.31. The number of benzene rings is 2. The Labute approximate surface area is 207 Å². The molecule has 5 rings (SSSR count). The summed E-state index contributed by atoms with van der Waals surface area (Å²) in [6.45, 7) is 6.09. The zero-order chi connectivity index (χ0) is 24.4. The first kappa shape index (κ1) is 23.2. The van der Waals surface area contributed by atoms with E-state index in [9.17, 15) is 9.59 Å². The summed E-state index contributed by atoms with van der Waals surface area (Å²) in [6, 6.07) is 13.3. The van der Waals surface area contributed by atoms with E-state index in [1.807, 2.05) is 50.2 Å². The van der Waals surface area contributed by atoms with Gasteiger partial charge in [0.1, 0.15) is 6.61 Å². The van der Waals surface area contributed by atoms with Gasteiger partial charge >= 0.3 is 0 Å². The number of aromatic nitrogens is 4. The van der Waals surface area contributed by atoms with Gasteiger partial charge in [0.05, 0.1) is 11.4 Å². The number of hydrogen-bond acceptors (Lipinski definition) is 8. The topological polar surface area (TPSA) is 103 Å². The third kappa shape index (κ3) is 4.81. The zero-order valence-electron chi connectivity index (χ0n) is 19.6. The molecule has 0 aliphatic carbocycles. The van der Waals surface area contributed by atoms with Crippen LogP contribution in [-0.4, -0.2) is 86.5 Å². The van der Waals surface area contributed by atoms with Gasteiger partial charge in [-0.05, 0) is 53.6 Å². The fraction of sp³-hybridized carbons (Fsp3) is 0.375. The van der Waals surface area contributed by atoms with E-state index in [2.05, 4.69) is 15.5 Å². The van der Waals surface area contributed by atoms with Crippen LogP contribution >= 0.6 is 11.8 Å². The molecule has 1 saturated heterocycles. The van der Waals surface area contributed by atoms with Crippen LogP contribution in [0.1, 0.15) is 11.1 Å². The van der Waals surface area contributed by atoms with Gasteiger partial charge in [0.15, 0.2) is 11.5 Å². The van der Waals surface area contributed by atoms with Crippen LogP contribution in [0.15, 0.2) is 47.6 Å². The Morgan fingerprint density at radius 1 is 1.00 bits per heavy atom. The molecule has 0 unspecified atom stereocenters. The van der Waals surface area contributed by atoms with E-state index in [4.69, 9.17) is 9.47 Å². The highest BCUT2D eigenvalue weighted by Crippen LogP contribution is 2.31. The van der Waals surface area contributed by atoms with Crippen molar-refractivity contribution < 1.29 is 19.1 Å². The molecule has 0 N–H and O–H groups in total. The standard InChI is InChI=1S/C24H26N6O4S/c1-16-6-5-7-18(17(16)2)30-24(25-26-27-30)35-15-22(31)28-10-12-29(13-11-28)23(32)21-14-33-19-8-3-4-9-20(19)34-21/h3-9,21H,10-15H2,1-2H3/t21-/m1/s1. The third-order valence-corrected chi connectivity index (χ3v) is 7.20. The van der Waals surface area contributed by atoms with E-state index >= 15 is 0 Å². The Kier molecular flexibility index (Phi) is 6.58. The van der Waals surface area contributed by atoms with Crippen molar-refractivity contribution in [1.29, 1.82) is 0 Å². The molecule has 2 aliphatic heterocycles. The summed E-state index contributed by atoms with van der Waals surface area (Å²) in [5.41, 5.74) is 3.13. The van der Waals surface area contributed by atoms with E-state index in [0.717, 1.165) is 16.8 Å². The smallest absolute Gasteiger partial charge is 0.267 e. The molecule has 1 atom stereocenters. The second kappa shape index (κ2) is 9.95. The zero-order valence-corrected chi connectivity index (χ0v) is 20.4. The van der Waals surface area contributed by atoms with Gasteiger partial charge in [0.25, 0.3) is 5.91 Å². The number of hydrogen-bond donors (Lipinski definition) is 0. The maximum Gasteiger partial charge on any atom is 0.267 e. The highest BCUT2D eigenvalue weighted by atomic mass is 32.2. The van der Waals surface area contributed by atoms with E-state index in [0.29, 0.717) is 42.8 Å². The molecule has 0 bridgehead atoms. The number of ether oxygens (including phenoxy) is 2. The van der Waals surface area contributed by atoms with Crippen LogP contribution in [0, 0.1) is 13.8 Å². The van der Waals surface area contributed by atoms with Gasteiger partial charge in [-0.3, -0.25) is 9.59 Å². The minimum absolute atomic E-state index is 0.0104. The van der Waals surface area contributed by atoms with Crippen molar-refractivity contribution in [2.45, 2.75) is 25.1 Å². The van der Waals surface area contributed by atoms with E-state index < -0.39 is 6.10 Å². The SMILES string of the molecule is Cc1cccc(-n2nnnc2SCC(=O)N2CCN(C(=O)[C@H]3COc4ccccc4O3)CC2)c1C. The number of para-hydroxylation sites is 2. The first-order valence-corrected chi connectivity index (χ1v) is 12.4. The van der Waals surface area contributed by atoms with Crippen molar-refractivity contribution in [2.75, 3.05) is 38.5 Å². The van der Waals surface area contributed by atoms with Gasteiger partial charge in [-0.2, -0.15) is 4.68 Å². The highest BCUT2D eigenvalue weighted by Gasteiger charge is 2.33. The summed E-state index contributed by atoms with van der Waals surface area (Å²) in [5, 5.41) is 12.6. The number of tetrazole rings is 1. The second-order valence-electron chi connectivity index (χ2n) is 8.45. The quantitative estimate of drug-likeness (QED) is 0.496. The molecule has 35 heavy (non-hydrogen) atoms. The molecule has 10 nitrogen and oxygen atoms in total. The number of piperazine rings is 1. The Morgan fingerprint density at radius 2 is 1.74 bits per heavy atom.